The normalized spacial score (nSPS) is 17.4. The highest BCUT2D eigenvalue weighted by Crippen LogP contribution is 2.32. The maximum atomic E-state index is 12.2. The molecule has 3 nitrogen and oxygen atoms in total. The first kappa shape index (κ1) is 17.2. The van der Waals surface area contributed by atoms with Crippen LogP contribution in [0.5, 0.6) is 0 Å². The maximum Gasteiger partial charge on any atom is 0.238 e. The highest BCUT2D eigenvalue weighted by atomic mass is 32.2. The average Bonchev–Trinajstić information content (AvgIpc) is 2.80. The second-order valence-corrected chi connectivity index (χ2v) is 8.09. The molecule has 0 N–H and O–H groups in total. The van der Waals surface area contributed by atoms with Crippen LogP contribution in [0, 0.1) is 5.41 Å². The van der Waals surface area contributed by atoms with Crippen LogP contribution in [0.25, 0.3) is 0 Å². The van der Waals surface area contributed by atoms with Gasteiger partial charge < -0.3 is 4.90 Å². The van der Waals surface area contributed by atoms with E-state index < -0.39 is 5.41 Å². The van der Waals surface area contributed by atoms with E-state index in [1.807, 2.05) is 39.2 Å². The number of amides is 1. The van der Waals surface area contributed by atoms with Crippen molar-refractivity contribution in [3.8, 4) is 0 Å². The minimum atomic E-state index is -0.426. The lowest BCUT2D eigenvalue weighted by Gasteiger charge is -2.19. The molecule has 0 unspecified atom stereocenters. The Morgan fingerprint density at radius 1 is 1.32 bits per heavy atom. The summed E-state index contributed by atoms with van der Waals surface area (Å²) >= 11 is 3.13. The third-order valence-electron chi connectivity index (χ3n) is 3.40. The van der Waals surface area contributed by atoms with Crippen molar-refractivity contribution < 1.29 is 9.59 Å². The molecule has 1 aliphatic rings. The average molecular weight is 335 g/mol. The van der Waals surface area contributed by atoms with Crippen molar-refractivity contribution in [2.45, 2.75) is 32.2 Å². The van der Waals surface area contributed by atoms with Crippen molar-refractivity contribution in [2.24, 2.45) is 5.41 Å². The molecule has 0 bridgehead atoms. The lowest BCUT2D eigenvalue weighted by molar-refractivity contribution is -0.125. The Balaban J connectivity index is 2.17. The van der Waals surface area contributed by atoms with Gasteiger partial charge in [0, 0.05) is 16.4 Å². The fourth-order valence-electron chi connectivity index (χ4n) is 1.94. The summed E-state index contributed by atoms with van der Waals surface area (Å²) in [6, 6.07) is 8.17. The van der Waals surface area contributed by atoms with Crippen molar-refractivity contribution in [1.82, 2.24) is 4.90 Å². The molecule has 1 heterocycles. The van der Waals surface area contributed by atoms with Gasteiger partial charge in [0.15, 0.2) is 5.78 Å². The summed E-state index contributed by atoms with van der Waals surface area (Å²) < 4.78 is 0. The Hall–Kier alpha value is -1.20. The van der Waals surface area contributed by atoms with Crippen LogP contribution in [0.2, 0.25) is 0 Å². The molecule has 1 aliphatic heterocycles. The van der Waals surface area contributed by atoms with E-state index in [0.717, 1.165) is 10.6 Å². The van der Waals surface area contributed by atoms with E-state index in [1.165, 1.54) is 16.7 Å². The summed E-state index contributed by atoms with van der Waals surface area (Å²) in [7, 11) is 0. The number of benzene rings is 1. The summed E-state index contributed by atoms with van der Waals surface area (Å²) in [5, 5.41) is 0.763. The Morgan fingerprint density at radius 3 is 2.50 bits per heavy atom. The number of carbonyl (C=O) groups excluding carboxylic acids is 2. The molecule has 1 aromatic rings. The Kier molecular flexibility index (Phi) is 5.40. The van der Waals surface area contributed by atoms with Crippen LogP contribution in [-0.2, 0) is 16.1 Å². The summed E-state index contributed by atoms with van der Waals surface area (Å²) in [5.74, 6) is 0.519. The minimum absolute atomic E-state index is 0.0485. The minimum Gasteiger partial charge on any atom is -0.301 e. The molecule has 1 aromatic carbocycles. The van der Waals surface area contributed by atoms with Crippen molar-refractivity contribution >= 4 is 35.2 Å². The van der Waals surface area contributed by atoms with Crippen molar-refractivity contribution in [2.75, 3.05) is 12.0 Å². The third kappa shape index (κ3) is 4.17. The second-order valence-electron chi connectivity index (χ2n) is 6.21. The number of hydrogen-bond donors (Lipinski definition) is 0. The molecule has 0 spiro atoms. The molecule has 1 amide bonds. The molecule has 118 valence electrons. The molecule has 5 heteroatoms. The number of rotatable bonds is 4. The zero-order chi connectivity index (χ0) is 16.3. The standard InChI is InChI=1S/C17H21NO2S2/c1-17(2,3)14(19)9-16-18(15(20)11-22-16)10-12-5-7-13(21-4)8-6-12/h5-9H,10-11H2,1-4H3. The van der Waals surface area contributed by atoms with Crippen LogP contribution >= 0.6 is 23.5 Å². The highest BCUT2D eigenvalue weighted by Gasteiger charge is 2.29. The Bertz CT molecular complexity index is 600. The van der Waals surface area contributed by atoms with Gasteiger partial charge in [-0.05, 0) is 24.0 Å². The fraction of sp³-hybridized carbons (Fsp3) is 0.412. The van der Waals surface area contributed by atoms with E-state index in [9.17, 15) is 9.59 Å². The predicted molar refractivity (Wildman–Crippen MR) is 93.8 cm³/mol. The van der Waals surface area contributed by atoms with Gasteiger partial charge in [-0.1, -0.05) is 44.7 Å². The van der Waals surface area contributed by atoms with Crippen molar-refractivity contribution in [3.63, 3.8) is 0 Å². The first-order chi connectivity index (χ1) is 10.3. The Morgan fingerprint density at radius 2 is 1.95 bits per heavy atom. The van der Waals surface area contributed by atoms with Crippen molar-refractivity contribution in [1.29, 1.82) is 0 Å². The number of thioether (sulfide) groups is 2. The zero-order valence-corrected chi connectivity index (χ0v) is 15.0. The number of allylic oxidation sites excluding steroid dienone is 1. The van der Waals surface area contributed by atoms with Gasteiger partial charge in [-0.25, -0.2) is 0 Å². The summed E-state index contributed by atoms with van der Waals surface area (Å²) in [6.07, 6.45) is 3.65. The number of hydrogen-bond acceptors (Lipinski definition) is 4. The highest BCUT2D eigenvalue weighted by molar-refractivity contribution is 8.04. The van der Waals surface area contributed by atoms with Crippen molar-refractivity contribution in [3.05, 3.63) is 40.9 Å². The van der Waals surface area contributed by atoms with Crippen LogP contribution in [0.15, 0.2) is 40.3 Å². The smallest absolute Gasteiger partial charge is 0.238 e. The largest absolute Gasteiger partial charge is 0.301 e. The van der Waals surface area contributed by atoms with Crippen LogP contribution in [0.3, 0.4) is 0 Å². The van der Waals surface area contributed by atoms with E-state index in [-0.39, 0.29) is 11.7 Å². The molecule has 1 fully saturated rings. The monoisotopic (exact) mass is 335 g/mol. The zero-order valence-electron chi connectivity index (χ0n) is 13.4. The van der Waals surface area contributed by atoms with E-state index in [0.29, 0.717) is 12.3 Å². The third-order valence-corrected chi connectivity index (χ3v) is 5.17. The predicted octanol–water partition coefficient (Wildman–Crippen LogP) is 3.94. The van der Waals surface area contributed by atoms with Crippen LogP contribution in [0.1, 0.15) is 26.3 Å². The Labute approximate surface area is 140 Å². The summed E-state index contributed by atoms with van der Waals surface area (Å²) in [5.41, 5.74) is 0.646. The van der Waals surface area contributed by atoms with Crippen LogP contribution < -0.4 is 0 Å². The van der Waals surface area contributed by atoms with Crippen LogP contribution in [0.4, 0.5) is 0 Å². The first-order valence-corrected chi connectivity index (χ1v) is 9.34. The van der Waals surface area contributed by atoms with Gasteiger partial charge in [0.25, 0.3) is 0 Å². The van der Waals surface area contributed by atoms with Crippen LogP contribution in [-0.4, -0.2) is 28.6 Å². The van der Waals surface area contributed by atoms with Gasteiger partial charge >= 0.3 is 0 Å². The molecular weight excluding hydrogens is 314 g/mol. The lowest BCUT2D eigenvalue weighted by Crippen LogP contribution is -2.25. The molecule has 22 heavy (non-hydrogen) atoms. The molecule has 0 saturated carbocycles. The number of nitrogens with zero attached hydrogens (tertiary/aromatic N) is 1. The van der Waals surface area contributed by atoms with E-state index >= 15 is 0 Å². The van der Waals surface area contributed by atoms with E-state index in [2.05, 4.69) is 12.1 Å². The van der Waals surface area contributed by atoms with Gasteiger partial charge in [-0.2, -0.15) is 0 Å². The molecule has 1 saturated heterocycles. The molecular formula is C17H21NO2S2. The maximum absolute atomic E-state index is 12.2. The molecule has 0 aliphatic carbocycles. The quantitative estimate of drug-likeness (QED) is 0.617. The number of carbonyl (C=O) groups is 2. The fourth-order valence-corrected chi connectivity index (χ4v) is 3.29. The summed E-state index contributed by atoms with van der Waals surface area (Å²) in [4.78, 5) is 27.2. The second kappa shape index (κ2) is 6.92. The first-order valence-electron chi connectivity index (χ1n) is 7.13. The molecule has 0 aromatic heterocycles. The van der Waals surface area contributed by atoms with E-state index in [1.54, 1.807) is 22.7 Å². The number of ketones is 1. The van der Waals surface area contributed by atoms with Gasteiger partial charge in [0.05, 0.1) is 17.3 Å². The van der Waals surface area contributed by atoms with Gasteiger partial charge in [-0.3, -0.25) is 9.59 Å². The SMILES string of the molecule is CSc1ccc(CN2C(=O)CSC2=CC(=O)C(C)(C)C)cc1. The van der Waals surface area contributed by atoms with Gasteiger partial charge in [-0.15, -0.1) is 11.8 Å². The molecule has 0 radical (unpaired) electrons. The lowest BCUT2D eigenvalue weighted by atomic mass is 9.91. The van der Waals surface area contributed by atoms with Gasteiger partial charge in [0.2, 0.25) is 5.91 Å². The van der Waals surface area contributed by atoms with Gasteiger partial charge in [0.1, 0.15) is 0 Å². The summed E-state index contributed by atoms with van der Waals surface area (Å²) in [6.45, 7) is 6.18. The topological polar surface area (TPSA) is 37.4 Å². The molecule has 2 rings (SSSR count). The molecule has 0 atom stereocenters. The van der Waals surface area contributed by atoms with E-state index in [4.69, 9.17) is 0 Å².